The van der Waals surface area contributed by atoms with Crippen LogP contribution >= 0.6 is 0 Å². The Morgan fingerprint density at radius 2 is 1.91 bits per heavy atom. The number of hydrogen-bond donors (Lipinski definition) is 0. The van der Waals surface area contributed by atoms with Crippen molar-refractivity contribution >= 4 is 19.9 Å². The van der Waals surface area contributed by atoms with Crippen LogP contribution in [0.1, 0.15) is 39.7 Å². The molecule has 2 heterocycles. The van der Waals surface area contributed by atoms with Crippen molar-refractivity contribution < 1.29 is 18.9 Å². The predicted molar refractivity (Wildman–Crippen MR) is 134 cm³/mol. The van der Waals surface area contributed by atoms with E-state index in [4.69, 9.17) is 18.9 Å². The standard InChI is InChI=1S/C28H36O4Si/c1-6-11-21-24(17-29-27(21)25-18-30-28(4,5)32-25)31-23-14-10-15-26(22(23)16-19(2)3)33-20-12-8-7-9-13-20/h6-10,12-15,19,21,24-25,27H,1,11,16-18H2,2-5H3/t21-,24+,25+,27+/m1/s1. The lowest BCUT2D eigenvalue weighted by molar-refractivity contribution is -0.154. The van der Waals surface area contributed by atoms with Crippen LogP contribution in [0.5, 0.6) is 5.75 Å². The summed E-state index contributed by atoms with van der Waals surface area (Å²) in [5.74, 6) is 1.13. The molecule has 2 aromatic carbocycles. The zero-order valence-electron chi connectivity index (χ0n) is 20.3. The molecular weight excluding hydrogens is 428 g/mol. The van der Waals surface area contributed by atoms with E-state index in [0.717, 1.165) is 18.6 Å². The van der Waals surface area contributed by atoms with E-state index in [9.17, 15) is 0 Å². The molecule has 0 aliphatic carbocycles. The van der Waals surface area contributed by atoms with Gasteiger partial charge in [0.05, 0.1) is 19.3 Å². The third-order valence-electron chi connectivity index (χ3n) is 6.26. The first-order valence-corrected chi connectivity index (χ1v) is 13.0. The average Bonchev–Trinajstić information content (AvgIpc) is 3.33. The summed E-state index contributed by atoms with van der Waals surface area (Å²) in [6.45, 7) is 13.5. The lowest BCUT2D eigenvalue weighted by atomic mass is 9.91. The summed E-state index contributed by atoms with van der Waals surface area (Å²) in [6, 6.07) is 17.2. The van der Waals surface area contributed by atoms with Gasteiger partial charge in [0.15, 0.2) is 5.79 Å². The molecule has 2 aromatic rings. The first-order valence-electron chi connectivity index (χ1n) is 12.0. The van der Waals surface area contributed by atoms with Crippen molar-refractivity contribution in [3.05, 3.63) is 66.7 Å². The summed E-state index contributed by atoms with van der Waals surface area (Å²) >= 11 is 0. The summed E-state index contributed by atoms with van der Waals surface area (Å²) < 4.78 is 24.9. The van der Waals surface area contributed by atoms with Crippen LogP contribution in [-0.4, -0.2) is 46.8 Å². The molecule has 4 nitrogen and oxygen atoms in total. The molecule has 0 saturated carbocycles. The minimum absolute atomic E-state index is 0.0402. The Bertz CT molecular complexity index is 927. The highest BCUT2D eigenvalue weighted by Crippen LogP contribution is 2.36. The van der Waals surface area contributed by atoms with Crippen LogP contribution in [0.15, 0.2) is 61.2 Å². The van der Waals surface area contributed by atoms with Gasteiger partial charge in [-0.2, -0.15) is 0 Å². The van der Waals surface area contributed by atoms with Gasteiger partial charge in [0.1, 0.15) is 27.5 Å². The second-order valence-corrected chi connectivity index (χ2v) is 11.2. The van der Waals surface area contributed by atoms with E-state index in [1.54, 1.807) is 0 Å². The van der Waals surface area contributed by atoms with Crippen LogP contribution in [-0.2, 0) is 20.6 Å². The lowest BCUT2D eigenvalue weighted by Gasteiger charge is -2.27. The molecule has 0 amide bonds. The van der Waals surface area contributed by atoms with Gasteiger partial charge < -0.3 is 18.9 Å². The molecule has 0 spiro atoms. The van der Waals surface area contributed by atoms with Crippen LogP contribution < -0.4 is 15.1 Å². The monoisotopic (exact) mass is 464 g/mol. The predicted octanol–water partition coefficient (Wildman–Crippen LogP) is 4.03. The van der Waals surface area contributed by atoms with Gasteiger partial charge in [-0.3, -0.25) is 0 Å². The van der Waals surface area contributed by atoms with Crippen LogP contribution in [0, 0.1) is 11.8 Å². The van der Waals surface area contributed by atoms with Crippen molar-refractivity contribution in [1.82, 2.24) is 0 Å². The SMILES string of the molecule is C=CC[C@H]1[C@@H]([C@@H]2COC(C)(C)O2)OC[C@@H]1Oc1cccc([Si]c2ccccc2)c1CC(C)C. The number of benzene rings is 2. The molecule has 2 fully saturated rings. The first kappa shape index (κ1) is 24.2. The number of rotatable bonds is 9. The maximum absolute atomic E-state index is 6.73. The largest absolute Gasteiger partial charge is 0.487 e. The third kappa shape index (κ3) is 5.96. The zero-order valence-corrected chi connectivity index (χ0v) is 21.3. The second-order valence-electron chi connectivity index (χ2n) is 9.88. The average molecular weight is 465 g/mol. The van der Waals surface area contributed by atoms with Crippen molar-refractivity contribution in [2.24, 2.45) is 11.8 Å². The van der Waals surface area contributed by atoms with Crippen molar-refractivity contribution in [1.29, 1.82) is 0 Å². The van der Waals surface area contributed by atoms with Crippen LogP contribution in [0.4, 0.5) is 0 Å². The molecule has 176 valence electrons. The molecule has 2 saturated heterocycles. The van der Waals surface area contributed by atoms with Gasteiger partial charge in [-0.05, 0) is 44.2 Å². The fourth-order valence-corrected chi connectivity index (χ4v) is 6.00. The van der Waals surface area contributed by atoms with Gasteiger partial charge in [-0.1, -0.05) is 72.8 Å². The van der Waals surface area contributed by atoms with E-state index < -0.39 is 5.79 Å². The van der Waals surface area contributed by atoms with Crippen molar-refractivity contribution in [3.8, 4) is 5.75 Å². The van der Waals surface area contributed by atoms with Gasteiger partial charge in [-0.15, -0.1) is 6.58 Å². The quantitative estimate of drug-likeness (QED) is 0.415. The number of ether oxygens (including phenoxy) is 4. The molecule has 2 aliphatic rings. The van der Waals surface area contributed by atoms with Crippen LogP contribution in [0.3, 0.4) is 0 Å². The molecule has 2 radical (unpaired) electrons. The van der Waals surface area contributed by atoms with Gasteiger partial charge in [0.2, 0.25) is 0 Å². The summed E-state index contributed by atoms with van der Waals surface area (Å²) in [6.07, 6.45) is 3.59. The summed E-state index contributed by atoms with van der Waals surface area (Å²) in [4.78, 5) is 0. The topological polar surface area (TPSA) is 36.9 Å². The van der Waals surface area contributed by atoms with E-state index in [1.165, 1.54) is 15.9 Å². The molecule has 4 rings (SSSR count). The summed E-state index contributed by atoms with van der Waals surface area (Å²) in [5.41, 5.74) is 1.32. The van der Waals surface area contributed by atoms with Crippen LogP contribution in [0.25, 0.3) is 0 Å². The first-order chi connectivity index (χ1) is 15.9. The van der Waals surface area contributed by atoms with Gasteiger partial charge in [0, 0.05) is 5.92 Å². The number of allylic oxidation sites excluding steroid dienone is 1. The molecule has 0 unspecified atom stereocenters. The van der Waals surface area contributed by atoms with E-state index in [-0.39, 0.29) is 24.2 Å². The molecule has 0 bridgehead atoms. The van der Waals surface area contributed by atoms with E-state index >= 15 is 0 Å². The Morgan fingerprint density at radius 3 is 2.58 bits per heavy atom. The normalized spacial score (nSPS) is 26.6. The fourth-order valence-electron chi connectivity index (χ4n) is 4.78. The van der Waals surface area contributed by atoms with Crippen molar-refractivity contribution in [2.45, 2.75) is 64.6 Å². The van der Waals surface area contributed by atoms with Gasteiger partial charge in [0.25, 0.3) is 0 Å². The minimum Gasteiger partial charge on any atom is -0.487 e. The minimum atomic E-state index is -0.567. The molecule has 5 heteroatoms. The van der Waals surface area contributed by atoms with Crippen molar-refractivity contribution in [3.63, 3.8) is 0 Å². The Balaban J connectivity index is 1.56. The van der Waals surface area contributed by atoms with E-state index in [0.29, 0.717) is 28.7 Å². The highest BCUT2D eigenvalue weighted by atomic mass is 28.2. The van der Waals surface area contributed by atoms with E-state index in [1.807, 2.05) is 19.9 Å². The molecule has 33 heavy (non-hydrogen) atoms. The van der Waals surface area contributed by atoms with Gasteiger partial charge in [-0.25, -0.2) is 0 Å². The maximum atomic E-state index is 6.73. The maximum Gasteiger partial charge on any atom is 0.163 e. The fraction of sp³-hybridized carbons (Fsp3) is 0.500. The lowest BCUT2D eigenvalue weighted by Crippen LogP contribution is -2.38. The van der Waals surface area contributed by atoms with Crippen molar-refractivity contribution in [2.75, 3.05) is 13.2 Å². The molecule has 0 N–H and O–H groups in total. The molecule has 4 atom stereocenters. The van der Waals surface area contributed by atoms with Crippen LogP contribution in [0.2, 0.25) is 0 Å². The zero-order chi connectivity index (χ0) is 23.4. The molecule has 0 aromatic heterocycles. The second kappa shape index (κ2) is 10.6. The Kier molecular flexibility index (Phi) is 7.75. The Morgan fingerprint density at radius 1 is 1.12 bits per heavy atom. The Labute approximate surface area is 201 Å². The smallest absolute Gasteiger partial charge is 0.163 e. The molecule has 2 aliphatic heterocycles. The summed E-state index contributed by atoms with van der Waals surface area (Å²) in [7, 11) is 0.608. The molecular formula is C28H36O4Si. The highest BCUT2D eigenvalue weighted by Gasteiger charge is 2.47. The highest BCUT2D eigenvalue weighted by molar-refractivity contribution is 6.67. The van der Waals surface area contributed by atoms with Gasteiger partial charge >= 0.3 is 0 Å². The number of hydrogen-bond acceptors (Lipinski definition) is 4. The third-order valence-corrected chi connectivity index (χ3v) is 7.62. The van der Waals surface area contributed by atoms with E-state index in [2.05, 4.69) is 69.0 Å². The summed E-state index contributed by atoms with van der Waals surface area (Å²) in [5, 5.41) is 2.70. The Hall–Kier alpha value is -1.92.